The standard InChI is InChI=1S/C14H7Cl2N3OS/c15-7-1-2-10-8(5-7)9(13(20)17-10)6-11-12(16)18-14-19(11)3-4-21-14/h1-6H,(H,17,20)/b9-6-. The number of benzene rings is 1. The van der Waals surface area contributed by atoms with Crippen LogP contribution in [0.1, 0.15) is 11.3 Å². The zero-order chi connectivity index (χ0) is 14.6. The number of rotatable bonds is 1. The fraction of sp³-hybridized carbons (Fsp3) is 0. The molecule has 0 unspecified atom stereocenters. The first-order chi connectivity index (χ1) is 10.1. The molecule has 0 aliphatic carbocycles. The summed E-state index contributed by atoms with van der Waals surface area (Å²) in [7, 11) is 0. The van der Waals surface area contributed by atoms with Crippen molar-refractivity contribution < 1.29 is 4.79 Å². The van der Waals surface area contributed by atoms with Gasteiger partial charge >= 0.3 is 0 Å². The second-order valence-electron chi connectivity index (χ2n) is 4.55. The van der Waals surface area contributed by atoms with Crippen LogP contribution in [-0.2, 0) is 4.79 Å². The van der Waals surface area contributed by atoms with Crippen LogP contribution in [0.5, 0.6) is 0 Å². The van der Waals surface area contributed by atoms with Gasteiger partial charge in [-0.1, -0.05) is 23.2 Å². The van der Waals surface area contributed by atoms with E-state index in [1.807, 2.05) is 16.0 Å². The molecule has 0 saturated heterocycles. The molecule has 4 rings (SSSR count). The number of nitrogens with one attached hydrogen (secondary N) is 1. The van der Waals surface area contributed by atoms with Crippen LogP contribution in [0.2, 0.25) is 10.2 Å². The van der Waals surface area contributed by atoms with Gasteiger partial charge in [-0.2, -0.15) is 0 Å². The Bertz CT molecular complexity index is 926. The van der Waals surface area contributed by atoms with E-state index in [4.69, 9.17) is 23.2 Å². The van der Waals surface area contributed by atoms with Crippen LogP contribution in [0.25, 0.3) is 16.6 Å². The Morgan fingerprint density at radius 1 is 1.33 bits per heavy atom. The predicted molar refractivity (Wildman–Crippen MR) is 86.0 cm³/mol. The second kappa shape index (κ2) is 4.59. The molecule has 1 aliphatic rings. The van der Waals surface area contributed by atoms with Crippen LogP contribution >= 0.6 is 34.5 Å². The third-order valence-electron chi connectivity index (χ3n) is 3.30. The minimum Gasteiger partial charge on any atom is -0.321 e. The van der Waals surface area contributed by atoms with E-state index in [2.05, 4.69) is 10.3 Å². The van der Waals surface area contributed by atoms with Gasteiger partial charge in [0, 0.05) is 27.9 Å². The number of halogens is 2. The maximum Gasteiger partial charge on any atom is 0.256 e. The molecule has 104 valence electrons. The van der Waals surface area contributed by atoms with Crippen LogP contribution in [-0.4, -0.2) is 15.3 Å². The molecule has 21 heavy (non-hydrogen) atoms. The van der Waals surface area contributed by atoms with Crippen molar-refractivity contribution in [3.8, 4) is 0 Å². The Balaban J connectivity index is 1.94. The smallest absolute Gasteiger partial charge is 0.256 e. The van der Waals surface area contributed by atoms with E-state index in [-0.39, 0.29) is 5.91 Å². The first kappa shape index (κ1) is 12.9. The Hall–Kier alpha value is -1.82. The zero-order valence-electron chi connectivity index (χ0n) is 10.4. The number of thiazole rings is 1. The van der Waals surface area contributed by atoms with Crippen molar-refractivity contribution in [3.05, 3.63) is 51.2 Å². The summed E-state index contributed by atoms with van der Waals surface area (Å²) in [6.45, 7) is 0. The largest absolute Gasteiger partial charge is 0.321 e. The molecule has 1 N–H and O–H groups in total. The van der Waals surface area contributed by atoms with Gasteiger partial charge < -0.3 is 5.32 Å². The maximum absolute atomic E-state index is 12.2. The number of carbonyl (C=O) groups is 1. The van der Waals surface area contributed by atoms with E-state index >= 15 is 0 Å². The monoisotopic (exact) mass is 335 g/mol. The van der Waals surface area contributed by atoms with Crippen LogP contribution in [0.15, 0.2) is 29.8 Å². The Labute approximate surface area is 133 Å². The van der Waals surface area contributed by atoms with Crippen molar-refractivity contribution in [3.63, 3.8) is 0 Å². The third kappa shape index (κ3) is 1.97. The lowest BCUT2D eigenvalue weighted by Gasteiger charge is -1.99. The molecule has 2 aromatic heterocycles. The molecule has 4 nitrogen and oxygen atoms in total. The number of hydrogen-bond donors (Lipinski definition) is 1. The maximum atomic E-state index is 12.2. The van der Waals surface area contributed by atoms with Gasteiger partial charge in [0.1, 0.15) is 0 Å². The quantitative estimate of drug-likeness (QED) is 0.677. The summed E-state index contributed by atoms with van der Waals surface area (Å²) in [5, 5.41) is 5.68. The van der Waals surface area contributed by atoms with Crippen LogP contribution in [0.3, 0.4) is 0 Å². The molecule has 0 fully saturated rings. The fourth-order valence-electron chi connectivity index (χ4n) is 2.35. The molecule has 1 aliphatic heterocycles. The van der Waals surface area contributed by atoms with Crippen molar-refractivity contribution in [2.75, 3.05) is 5.32 Å². The van der Waals surface area contributed by atoms with Gasteiger partial charge in [-0.25, -0.2) is 4.98 Å². The highest BCUT2D eigenvalue weighted by Gasteiger charge is 2.25. The Morgan fingerprint density at radius 3 is 3.05 bits per heavy atom. The number of amides is 1. The highest BCUT2D eigenvalue weighted by Crippen LogP contribution is 2.36. The first-order valence-electron chi connectivity index (χ1n) is 6.07. The van der Waals surface area contributed by atoms with Crippen molar-refractivity contribution in [2.45, 2.75) is 0 Å². The minimum atomic E-state index is -0.173. The lowest BCUT2D eigenvalue weighted by molar-refractivity contribution is -0.110. The van der Waals surface area contributed by atoms with Gasteiger partial charge in [-0.05, 0) is 24.3 Å². The molecular formula is C14H7Cl2N3OS. The van der Waals surface area contributed by atoms with Crippen molar-refractivity contribution in [1.29, 1.82) is 0 Å². The molecule has 0 saturated carbocycles. The highest BCUT2D eigenvalue weighted by atomic mass is 35.5. The summed E-state index contributed by atoms with van der Waals surface area (Å²) in [4.78, 5) is 17.2. The van der Waals surface area contributed by atoms with Gasteiger partial charge in [0.2, 0.25) is 0 Å². The normalized spacial score (nSPS) is 15.7. The lowest BCUT2D eigenvalue weighted by atomic mass is 10.1. The average Bonchev–Trinajstić information content (AvgIpc) is 3.07. The van der Waals surface area contributed by atoms with E-state index in [9.17, 15) is 4.79 Å². The molecule has 3 aromatic rings. The molecule has 1 aromatic carbocycles. The summed E-state index contributed by atoms with van der Waals surface area (Å²) < 4.78 is 1.86. The second-order valence-corrected chi connectivity index (χ2v) is 6.21. The zero-order valence-corrected chi connectivity index (χ0v) is 12.8. The molecule has 0 radical (unpaired) electrons. The number of nitrogens with zero attached hydrogens (tertiary/aromatic N) is 2. The number of fused-ring (bicyclic) bond motifs is 2. The predicted octanol–water partition coefficient (Wildman–Crippen LogP) is 4.20. The molecular weight excluding hydrogens is 329 g/mol. The van der Waals surface area contributed by atoms with E-state index in [0.717, 1.165) is 16.2 Å². The third-order valence-corrected chi connectivity index (χ3v) is 4.57. The number of aromatic nitrogens is 2. The summed E-state index contributed by atoms with van der Waals surface area (Å²) in [5.41, 5.74) is 2.74. The van der Waals surface area contributed by atoms with E-state index in [1.165, 1.54) is 11.3 Å². The van der Waals surface area contributed by atoms with E-state index in [0.29, 0.717) is 21.4 Å². The number of carbonyl (C=O) groups excluding carboxylic acids is 1. The van der Waals surface area contributed by atoms with Gasteiger partial charge in [-0.15, -0.1) is 11.3 Å². The first-order valence-corrected chi connectivity index (χ1v) is 7.71. The number of hydrogen-bond acceptors (Lipinski definition) is 3. The topological polar surface area (TPSA) is 46.4 Å². The van der Waals surface area contributed by atoms with Gasteiger partial charge in [0.25, 0.3) is 5.91 Å². The van der Waals surface area contributed by atoms with Crippen LogP contribution in [0, 0.1) is 0 Å². The van der Waals surface area contributed by atoms with E-state index in [1.54, 1.807) is 24.3 Å². The number of imidazole rings is 1. The Morgan fingerprint density at radius 2 is 2.19 bits per heavy atom. The lowest BCUT2D eigenvalue weighted by Crippen LogP contribution is -2.03. The number of anilines is 1. The minimum absolute atomic E-state index is 0.173. The van der Waals surface area contributed by atoms with Gasteiger partial charge in [-0.3, -0.25) is 9.20 Å². The van der Waals surface area contributed by atoms with Gasteiger partial charge in [0.05, 0.1) is 11.3 Å². The van der Waals surface area contributed by atoms with E-state index < -0.39 is 0 Å². The Kier molecular flexibility index (Phi) is 2.82. The SMILES string of the molecule is O=C1Nc2ccc(Cl)cc2/C1=C/c1c(Cl)nc2sccn12. The summed E-state index contributed by atoms with van der Waals surface area (Å²) in [6, 6.07) is 5.29. The molecule has 0 atom stereocenters. The van der Waals surface area contributed by atoms with Crippen molar-refractivity contribution in [1.82, 2.24) is 9.38 Å². The molecule has 0 bridgehead atoms. The summed E-state index contributed by atoms with van der Waals surface area (Å²) >= 11 is 13.7. The molecule has 0 spiro atoms. The highest BCUT2D eigenvalue weighted by molar-refractivity contribution is 7.15. The average molecular weight is 336 g/mol. The molecule has 7 heteroatoms. The van der Waals surface area contributed by atoms with Crippen molar-refractivity contribution >= 4 is 62.7 Å². The summed E-state index contributed by atoms with van der Waals surface area (Å²) in [6.07, 6.45) is 3.61. The molecule has 1 amide bonds. The van der Waals surface area contributed by atoms with Gasteiger partial charge in [0.15, 0.2) is 10.1 Å². The molecule has 3 heterocycles. The summed E-state index contributed by atoms with van der Waals surface area (Å²) in [5.74, 6) is -0.173. The van der Waals surface area contributed by atoms with Crippen LogP contribution in [0.4, 0.5) is 5.69 Å². The van der Waals surface area contributed by atoms with Crippen LogP contribution < -0.4 is 5.32 Å². The van der Waals surface area contributed by atoms with Crippen molar-refractivity contribution in [2.24, 2.45) is 0 Å². The fourth-order valence-corrected chi connectivity index (χ4v) is 3.52.